The largest absolute Gasteiger partial charge is 0.265 e. The molecule has 6 heteroatoms. The highest BCUT2D eigenvalue weighted by molar-refractivity contribution is 9.13. The minimum atomic E-state index is -2.71. The van der Waals surface area contributed by atoms with Crippen molar-refractivity contribution >= 4 is 31.9 Å². The lowest BCUT2D eigenvalue weighted by molar-refractivity contribution is 0.149. The van der Waals surface area contributed by atoms with Crippen LogP contribution in [0.1, 0.15) is 12.0 Å². The Kier molecular flexibility index (Phi) is 3.11. The van der Waals surface area contributed by atoms with Gasteiger partial charge < -0.3 is 0 Å². The molecule has 0 aliphatic carbocycles. The van der Waals surface area contributed by atoms with Crippen molar-refractivity contribution < 1.29 is 13.2 Å². The van der Waals surface area contributed by atoms with Crippen LogP contribution in [0.2, 0.25) is 0 Å². The summed E-state index contributed by atoms with van der Waals surface area (Å²) in [4.78, 5) is 3.29. The maximum absolute atomic E-state index is 12.5. The molecule has 1 nitrogen and oxygen atoms in total. The quantitative estimate of drug-likeness (QED) is 0.721. The highest BCUT2D eigenvalue weighted by atomic mass is 79.9. The third-order valence-electron chi connectivity index (χ3n) is 1.15. The first-order chi connectivity index (χ1) is 5.52. The number of aromatic nitrogens is 1. The van der Waals surface area contributed by atoms with Crippen molar-refractivity contribution in [2.75, 3.05) is 0 Å². The molecule has 0 fully saturated rings. The molecular formula is C6H2Br2F3N. The first-order valence-corrected chi connectivity index (χ1v) is 4.40. The van der Waals surface area contributed by atoms with Gasteiger partial charge in [-0.2, -0.15) is 4.39 Å². The van der Waals surface area contributed by atoms with Gasteiger partial charge in [0.25, 0.3) is 6.43 Å². The Bertz CT molecular complexity index is 303. The van der Waals surface area contributed by atoms with E-state index in [0.29, 0.717) is 6.07 Å². The van der Waals surface area contributed by atoms with E-state index in [1.54, 1.807) is 0 Å². The predicted molar refractivity (Wildman–Crippen MR) is 44.6 cm³/mol. The fourth-order valence-electron chi connectivity index (χ4n) is 0.645. The highest BCUT2D eigenvalue weighted by Crippen LogP contribution is 2.32. The smallest absolute Gasteiger partial charge is 0.211 e. The number of pyridine rings is 1. The molecule has 0 atom stereocenters. The van der Waals surface area contributed by atoms with Crippen LogP contribution < -0.4 is 0 Å². The van der Waals surface area contributed by atoms with Crippen molar-refractivity contribution in [1.82, 2.24) is 4.98 Å². The van der Waals surface area contributed by atoms with Gasteiger partial charge in [-0.3, -0.25) is 0 Å². The average molecular weight is 305 g/mol. The van der Waals surface area contributed by atoms with Gasteiger partial charge in [-0.1, -0.05) is 0 Å². The normalized spacial score (nSPS) is 10.8. The number of nitrogens with zero attached hydrogens (tertiary/aromatic N) is 1. The van der Waals surface area contributed by atoms with Crippen molar-refractivity contribution in [1.29, 1.82) is 0 Å². The molecule has 0 spiro atoms. The number of hydrogen-bond acceptors (Lipinski definition) is 1. The maximum Gasteiger partial charge on any atom is 0.265 e. The summed E-state index contributed by atoms with van der Waals surface area (Å²) >= 11 is 5.69. The molecular weight excluding hydrogens is 303 g/mol. The lowest BCUT2D eigenvalue weighted by Gasteiger charge is -2.03. The molecule has 1 rings (SSSR count). The zero-order valence-corrected chi connectivity index (χ0v) is 8.66. The number of halogens is 5. The van der Waals surface area contributed by atoms with Gasteiger partial charge in [0.15, 0.2) is 0 Å². The Labute approximate surface area is 83.2 Å². The standard InChI is InChI=1S/C6H2Br2F3N/c7-4-2(6(10)11)1-3(9)12-5(4)8/h1,6H. The van der Waals surface area contributed by atoms with Gasteiger partial charge in [0.05, 0.1) is 4.47 Å². The van der Waals surface area contributed by atoms with Crippen LogP contribution in [0.4, 0.5) is 13.2 Å². The van der Waals surface area contributed by atoms with Crippen molar-refractivity contribution in [2.24, 2.45) is 0 Å². The summed E-state index contributed by atoms with van der Waals surface area (Å²) in [5.74, 6) is -0.930. The van der Waals surface area contributed by atoms with Crippen molar-refractivity contribution in [3.63, 3.8) is 0 Å². The Morgan fingerprint density at radius 1 is 1.33 bits per heavy atom. The zero-order chi connectivity index (χ0) is 9.30. The monoisotopic (exact) mass is 303 g/mol. The molecule has 0 N–H and O–H groups in total. The van der Waals surface area contributed by atoms with Gasteiger partial charge in [0.2, 0.25) is 5.95 Å². The summed E-state index contributed by atoms with van der Waals surface area (Å²) in [6.45, 7) is 0. The second kappa shape index (κ2) is 3.74. The van der Waals surface area contributed by atoms with Crippen LogP contribution in [0.15, 0.2) is 15.1 Å². The van der Waals surface area contributed by atoms with Crippen molar-refractivity contribution in [2.45, 2.75) is 6.43 Å². The Morgan fingerprint density at radius 3 is 2.42 bits per heavy atom. The van der Waals surface area contributed by atoms with E-state index >= 15 is 0 Å². The summed E-state index contributed by atoms with van der Waals surface area (Å²) < 4.78 is 36.9. The summed E-state index contributed by atoms with van der Waals surface area (Å²) in [5, 5.41) is 0. The van der Waals surface area contributed by atoms with Crippen LogP contribution in [-0.4, -0.2) is 4.98 Å². The molecule has 0 saturated carbocycles. The molecule has 12 heavy (non-hydrogen) atoms. The fourth-order valence-corrected chi connectivity index (χ4v) is 1.42. The molecule has 0 bridgehead atoms. The van der Waals surface area contributed by atoms with Gasteiger partial charge in [-0.05, 0) is 31.9 Å². The number of alkyl halides is 2. The molecule has 66 valence electrons. The lowest BCUT2D eigenvalue weighted by atomic mass is 10.3. The van der Waals surface area contributed by atoms with Crippen LogP contribution in [0.5, 0.6) is 0 Å². The third-order valence-corrected chi connectivity index (χ3v) is 3.09. The van der Waals surface area contributed by atoms with Crippen LogP contribution in [-0.2, 0) is 0 Å². The molecule has 0 saturated heterocycles. The van der Waals surface area contributed by atoms with Gasteiger partial charge in [0, 0.05) is 11.6 Å². The topological polar surface area (TPSA) is 12.9 Å². The second-order valence-electron chi connectivity index (χ2n) is 1.94. The summed E-state index contributed by atoms with van der Waals surface area (Å²) in [6, 6.07) is 0.694. The highest BCUT2D eigenvalue weighted by Gasteiger charge is 2.16. The predicted octanol–water partition coefficient (Wildman–Crippen LogP) is 3.68. The molecule has 0 amide bonds. The fraction of sp³-hybridized carbons (Fsp3) is 0.167. The minimum Gasteiger partial charge on any atom is -0.211 e. The first kappa shape index (κ1) is 9.98. The van der Waals surface area contributed by atoms with Gasteiger partial charge in [-0.25, -0.2) is 13.8 Å². The molecule has 0 radical (unpaired) electrons. The number of rotatable bonds is 1. The summed E-state index contributed by atoms with van der Waals surface area (Å²) in [7, 11) is 0. The molecule has 0 aliphatic heterocycles. The van der Waals surface area contributed by atoms with Crippen molar-refractivity contribution in [3.8, 4) is 0 Å². The Morgan fingerprint density at radius 2 is 1.92 bits per heavy atom. The minimum absolute atomic E-state index is 0.0396. The third kappa shape index (κ3) is 1.98. The zero-order valence-electron chi connectivity index (χ0n) is 5.49. The van der Waals surface area contributed by atoms with Crippen LogP contribution in [0.3, 0.4) is 0 Å². The van der Waals surface area contributed by atoms with E-state index in [9.17, 15) is 13.2 Å². The maximum atomic E-state index is 12.5. The molecule has 0 unspecified atom stereocenters. The lowest BCUT2D eigenvalue weighted by Crippen LogP contribution is -1.93. The van der Waals surface area contributed by atoms with Gasteiger partial charge in [0.1, 0.15) is 4.60 Å². The summed E-state index contributed by atoms with van der Waals surface area (Å²) in [6.07, 6.45) is -2.71. The summed E-state index contributed by atoms with van der Waals surface area (Å²) in [5.41, 5.74) is -0.408. The molecule has 1 aromatic rings. The van der Waals surface area contributed by atoms with Crippen LogP contribution in [0, 0.1) is 5.95 Å². The van der Waals surface area contributed by atoms with E-state index in [0.717, 1.165) is 0 Å². The Hall–Kier alpha value is -0.100. The molecule has 0 aliphatic rings. The van der Waals surface area contributed by atoms with Crippen LogP contribution in [0.25, 0.3) is 0 Å². The van der Waals surface area contributed by atoms with E-state index in [2.05, 4.69) is 36.8 Å². The van der Waals surface area contributed by atoms with Crippen LogP contribution >= 0.6 is 31.9 Å². The van der Waals surface area contributed by atoms with Crippen molar-refractivity contribution in [3.05, 3.63) is 26.7 Å². The van der Waals surface area contributed by atoms with E-state index in [4.69, 9.17) is 0 Å². The average Bonchev–Trinajstić information content (AvgIpc) is 1.96. The van der Waals surface area contributed by atoms with Gasteiger partial charge >= 0.3 is 0 Å². The van der Waals surface area contributed by atoms with E-state index in [1.165, 1.54) is 0 Å². The SMILES string of the molecule is Fc1cc(C(F)F)c(Br)c(Br)n1. The second-order valence-corrected chi connectivity index (χ2v) is 3.48. The molecule has 1 heterocycles. The van der Waals surface area contributed by atoms with E-state index in [1.807, 2.05) is 0 Å². The molecule has 0 aromatic carbocycles. The van der Waals surface area contributed by atoms with Gasteiger partial charge in [-0.15, -0.1) is 0 Å². The molecule has 1 aromatic heterocycles. The number of hydrogen-bond donors (Lipinski definition) is 0. The Balaban J connectivity index is 3.28. The first-order valence-electron chi connectivity index (χ1n) is 2.82. The van der Waals surface area contributed by atoms with E-state index in [-0.39, 0.29) is 9.08 Å². The van der Waals surface area contributed by atoms with E-state index < -0.39 is 17.9 Å².